The van der Waals surface area contributed by atoms with E-state index in [-0.39, 0.29) is 0 Å². The van der Waals surface area contributed by atoms with E-state index in [1.54, 1.807) is 6.20 Å². The van der Waals surface area contributed by atoms with Crippen molar-refractivity contribution in [1.82, 2.24) is 9.97 Å². The van der Waals surface area contributed by atoms with Crippen LogP contribution in [0.2, 0.25) is 0 Å². The van der Waals surface area contributed by atoms with E-state index in [1.165, 1.54) is 11.8 Å². The number of benzene rings is 1. The maximum Gasteiger partial charge on any atom is 0.158 e. The average Bonchev–Trinajstić information content (AvgIpc) is 2.33. The molecule has 2 rings (SSSR count). The van der Waals surface area contributed by atoms with Gasteiger partial charge in [0.1, 0.15) is 11.9 Å². The Labute approximate surface area is 93.6 Å². The summed E-state index contributed by atoms with van der Waals surface area (Å²) in [4.78, 5) is 8.00. The SMILES string of the molecule is Cc1ccc(Nc2cnc(C#N)cn2)cc1. The van der Waals surface area contributed by atoms with Crippen LogP contribution in [-0.4, -0.2) is 9.97 Å². The predicted molar refractivity (Wildman–Crippen MR) is 61.2 cm³/mol. The molecule has 1 heterocycles. The second kappa shape index (κ2) is 4.41. The molecule has 1 N–H and O–H groups in total. The molecule has 0 fully saturated rings. The first-order chi connectivity index (χ1) is 7.78. The third kappa shape index (κ3) is 2.34. The van der Waals surface area contributed by atoms with Gasteiger partial charge in [0, 0.05) is 5.69 Å². The molecule has 0 atom stereocenters. The molecule has 0 unspecified atom stereocenters. The van der Waals surface area contributed by atoms with Crippen molar-refractivity contribution in [1.29, 1.82) is 5.26 Å². The van der Waals surface area contributed by atoms with Gasteiger partial charge in [0.05, 0.1) is 12.4 Å². The Hall–Kier alpha value is -2.41. The molecule has 78 valence electrons. The summed E-state index contributed by atoms with van der Waals surface area (Å²) in [6.07, 6.45) is 2.98. The fourth-order valence-electron chi connectivity index (χ4n) is 1.24. The van der Waals surface area contributed by atoms with E-state index in [1.807, 2.05) is 37.3 Å². The van der Waals surface area contributed by atoms with E-state index in [2.05, 4.69) is 15.3 Å². The van der Waals surface area contributed by atoms with E-state index in [9.17, 15) is 0 Å². The van der Waals surface area contributed by atoms with Crippen LogP contribution in [0.5, 0.6) is 0 Å². The van der Waals surface area contributed by atoms with Crippen molar-refractivity contribution in [3.63, 3.8) is 0 Å². The molecule has 16 heavy (non-hydrogen) atoms. The monoisotopic (exact) mass is 210 g/mol. The van der Waals surface area contributed by atoms with E-state index < -0.39 is 0 Å². The summed E-state index contributed by atoms with van der Waals surface area (Å²) in [5.74, 6) is 0.628. The Morgan fingerprint density at radius 1 is 1.12 bits per heavy atom. The second-order valence-electron chi connectivity index (χ2n) is 3.39. The first-order valence-electron chi connectivity index (χ1n) is 4.84. The molecule has 0 saturated heterocycles. The molecule has 0 radical (unpaired) electrons. The normalized spacial score (nSPS) is 9.50. The van der Waals surface area contributed by atoms with Crippen molar-refractivity contribution in [2.24, 2.45) is 0 Å². The van der Waals surface area contributed by atoms with Gasteiger partial charge >= 0.3 is 0 Å². The molecule has 0 aliphatic rings. The number of aryl methyl sites for hydroxylation is 1. The molecule has 0 amide bonds. The summed E-state index contributed by atoms with van der Waals surface area (Å²) in [5, 5.41) is 11.7. The van der Waals surface area contributed by atoms with Crippen molar-refractivity contribution < 1.29 is 0 Å². The first-order valence-corrected chi connectivity index (χ1v) is 4.84. The number of nitrogens with one attached hydrogen (secondary N) is 1. The van der Waals surface area contributed by atoms with E-state index in [0.717, 1.165) is 5.69 Å². The van der Waals surface area contributed by atoms with Crippen LogP contribution in [0.3, 0.4) is 0 Å². The highest BCUT2D eigenvalue weighted by atomic mass is 15.0. The van der Waals surface area contributed by atoms with Gasteiger partial charge in [0.25, 0.3) is 0 Å². The molecule has 0 saturated carbocycles. The van der Waals surface area contributed by atoms with E-state index in [0.29, 0.717) is 11.5 Å². The lowest BCUT2D eigenvalue weighted by Gasteiger charge is -2.04. The summed E-state index contributed by atoms with van der Waals surface area (Å²) < 4.78 is 0. The lowest BCUT2D eigenvalue weighted by molar-refractivity contribution is 1.16. The van der Waals surface area contributed by atoms with Gasteiger partial charge in [-0.1, -0.05) is 17.7 Å². The minimum atomic E-state index is 0.314. The molecule has 0 spiro atoms. The molecule has 2 aromatic rings. The Bertz CT molecular complexity index is 508. The summed E-state index contributed by atoms with van der Waals surface area (Å²) in [6, 6.07) is 9.89. The quantitative estimate of drug-likeness (QED) is 0.826. The molecule has 4 nitrogen and oxygen atoms in total. The van der Waals surface area contributed by atoms with Crippen molar-refractivity contribution in [2.45, 2.75) is 6.92 Å². The third-order valence-electron chi connectivity index (χ3n) is 2.09. The van der Waals surface area contributed by atoms with Crippen LogP contribution in [0.4, 0.5) is 11.5 Å². The zero-order valence-electron chi connectivity index (χ0n) is 8.81. The summed E-state index contributed by atoms with van der Waals surface area (Å²) in [7, 11) is 0. The highest BCUT2D eigenvalue weighted by molar-refractivity contribution is 5.55. The van der Waals surface area contributed by atoms with E-state index in [4.69, 9.17) is 5.26 Å². The zero-order valence-corrected chi connectivity index (χ0v) is 8.81. The summed E-state index contributed by atoms with van der Waals surface area (Å²) in [6.45, 7) is 2.03. The minimum absolute atomic E-state index is 0.314. The van der Waals surface area contributed by atoms with Crippen LogP contribution >= 0.6 is 0 Å². The highest BCUT2D eigenvalue weighted by Gasteiger charge is 1.97. The highest BCUT2D eigenvalue weighted by Crippen LogP contribution is 2.13. The number of hydrogen-bond donors (Lipinski definition) is 1. The number of nitriles is 1. The largest absolute Gasteiger partial charge is 0.339 e. The molecule has 0 aliphatic carbocycles. The smallest absolute Gasteiger partial charge is 0.158 e. The van der Waals surface area contributed by atoms with Crippen LogP contribution in [-0.2, 0) is 0 Å². The standard InChI is InChI=1S/C12H10N4/c1-9-2-4-10(5-3-9)16-12-8-14-11(6-13)7-15-12/h2-5,7-8H,1H3,(H,15,16). The molecular formula is C12H10N4. The molecule has 0 bridgehead atoms. The van der Waals surface area contributed by atoms with Crippen LogP contribution < -0.4 is 5.32 Å². The van der Waals surface area contributed by atoms with Gasteiger partial charge < -0.3 is 5.32 Å². The third-order valence-corrected chi connectivity index (χ3v) is 2.09. The van der Waals surface area contributed by atoms with Crippen molar-refractivity contribution in [3.05, 3.63) is 47.9 Å². The van der Waals surface area contributed by atoms with Crippen molar-refractivity contribution >= 4 is 11.5 Å². The van der Waals surface area contributed by atoms with E-state index >= 15 is 0 Å². The molecular weight excluding hydrogens is 200 g/mol. The maximum atomic E-state index is 8.58. The topological polar surface area (TPSA) is 61.6 Å². The minimum Gasteiger partial charge on any atom is -0.339 e. The zero-order chi connectivity index (χ0) is 11.4. The van der Waals surface area contributed by atoms with Crippen LogP contribution in [0.15, 0.2) is 36.7 Å². The molecule has 1 aromatic carbocycles. The van der Waals surface area contributed by atoms with Gasteiger partial charge in [0.2, 0.25) is 0 Å². The maximum absolute atomic E-state index is 8.58. The van der Waals surface area contributed by atoms with Gasteiger partial charge in [-0.25, -0.2) is 9.97 Å². The Morgan fingerprint density at radius 3 is 2.44 bits per heavy atom. The number of aromatic nitrogens is 2. The fourth-order valence-corrected chi connectivity index (χ4v) is 1.24. The lowest BCUT2D eigenvalue weighted by Crippen LogP contribution is -1.95. The molecule has 4 heteroatoms. The average molecular weight is 210 g/mol. The number of hydrogen-bond acceptors (Lipinski definition) is 4. The van der Waals surface area contributed by atoms with Gasteiger partial charge in [0.15, 0.2) is 5.69 Å². The Morgan fingerprint density at radius 2 is 1.88 bits per heavy atom. The lowest BCUT2D eigenvalue weighted by atomic mass is 10.2. The van der Waals surface area contributed by atoms with Crippen LogP contribution in [0, 0.1) is 18.3 Å². The van der Waals surface area contributed by atoms with Gasteiger partial charge in [-0.15, -0.1) is 0 Å². The number of rotatable bonds is 2. The fraction of sp³-hybridized carbons (Fsp3) is 0.0833. The Kier molecular flexibility index (Phi) is 2.79. The number of anilines is 2. The van der Waals surface area contributed by atoms with Crippen molar-refractivity contribution in [3.8, 4) is 6.07 Å². The van der Waals surface area contributed by atoms with Crippen LogP contribution in [0.25, 0.3) is 0 Å². The molecule has 1 aromatic heterocycles. The second-order valence-corrected chi connectivity index (χ2v) is 3.39. The predicted octanol–water partition coefficient (Wildman–Crippen LogP) is 2.40. The van der Waals surface area contributed by atoms with Gasteiger partial charge in [-0.2, -0.15) is 5.26 Å². The number of nitrogens with zero attached hydrogens (tertiary/aromatic N) is 3. The Balaban J connectivity index is 2.15. The van der Waals surface area contributed by atoms with Crippen LogP contribution in [0.1, 0.15) is 11.3 Å². The molecule has 0 aliphatic heterocycles. The van der Waals surface area contributed by atoms with Gasteiger partial charge in [-0.3, -0.25) is 0 Å². The summed E-state index contributed by atoms with van der Waals surface area (Å²) >= 11 is 0. The summed E-state index contributed by atoms with van der Waals surface area (Å²) in [5.41, 5.74) is 2.47. The first kappa shape index (κ1) is 10.1. The van der Waals surface area contributed by atoms with Gasteiger partial charge in [-0.05, 0) is 19.1 Å². The van der Waals surface area contributed by atoms with Crippen molar-refractivity contribution in [2.75, 3.05) is 5.32 Å².